The van der Waals surface area contributed by atoms with Crippen molar-refractivity contribution in [2.24, 2.45) is 0 Å². The van der Waals surface area contributed by atoms with Gasteiger partial charge in [0.25, 0.3) is 5.56 Å². The van der Waals surface area contributed by atoms with Gasteiger partial charge >= 0.3 is 0 Å². The summed E-state index contributed by atoms with van der Waals surface area (Å²) in [5.41, 5.74) is 1.22. The van der Waals surface area contributed by atoms with E-state index in [0.29, 0.717) is 18.5 Å². The van der Waals surface area contributed by atoms with Crippen LogP contribution in [0, 0.1) is 5.82 Å². The van der Waals surface area contributed by atoms with Crippen molar-refractivity contribution >= 4 is 6.29 Å². The number of hydrogen-bond donors (Lipinski definition) is 0. The molecule has 0 bridgehead atoms. The maximum atomic E-state index is 12.9. The summed E-state index contributed by atoms with van der Waals surface area (Å²) in [4.78, 5) is 22.7. The van der Waals surface area contributed by atoms with Gasteiger partial charge in [-0.2, -0.15) is 0 Å². The van der Waals surface area contributed by atoms with Crippen molar-refractivity contribution < 1.29 is 9.18 Å². The molecule has 0 amide bonds. The minimum atomic E-state index is -0.325. The molecule has 2 aromatic rings. The second-order valence-corrected chi connectivity index (χ2v) is 3.85. The molecule has 0 saturated carbocycles. The predicted octanol–water partition coefficient (Wildman–Crippen LogP) is 2.49. The highest BCUT2D eigenvalue weighted by molar-refractivity contribution is 5.75. The number of hydrogen-bond acceptors (Lipinski definition) is 2. The van der Waals surface area contributed by atoms with E-state index in [1.807, 2.05) is 6.92 Å². The van der Waals surface area contributed by atoms with Crippen LogP contribution in [0.1, 0.15) is 17.3 Å². The molecule has 1 aromatic heterocycles. The molecular weight excluding hydrogens is 233 g/mol. The van der Waals surface area contributed by atoms with Gasteiger partial charge in [0, 0.05) is 6.54 Å². The Kier molecular flexibility index (Phi) is 3.37. The van der Waals surface area contributed by atoms with Gasteiger partial charge in [-0.3, -0.25) is 9.59 Å². The van der Waals surface area contributed by atoms with Crippen LogP contribution in [-0.2, 0) is 6.54 Å². The van der Waals surface area contributed by atoms with Crippen LogP contribution < -0.4 is 5.56 Å². The number of aldehydes is 1. The number of carbonyl (C=O) groups is 1. The Morgan fingerprint density at radius 3 is 2.39 bits per heavy atom. The number of pyridine rings is 1. The minimum Gasteiger partial charge on any atom is -0.308 e. The van der Waals surface area contributed by atoms with E-state index in [1.54, 1.807) is 18.2 Å². The lowest BCUT2D eigenvalue weighted by molar-refractivity contribution is 0.112. The molecule has 1 heterocycles. The summed E-state index contributed by atoms with van der Waals surface area (Å²) in [6, 6.07) is 9.08. The van der Waals surface area contributed by atoms with Crippen LogP contribution in [0.5, 0.6) is 0 Å². The van der Waals surface area contributed by atoms with Crippen molar-refractivity contribution in [1.29, 1.82) is 0 Å². The summed E-state index contributed by atoms with van der Waals surface area (Å²) in [5, 5.41) is 0. The Labute approximate surface area is 104 Å². The summed E-state index contributed by atoms with van der Waals surface area (Å²) in [6.07, 6.45) is 0.545. The van der Waals surface area contributed by atoms with E-state index in [2.05, 4.69) is 0 Å². The third-order valence-electron chi connectivity index (χ3n) is 2.79. The number of benzene rings is 1. The van der Waals surface area contributed by atoms with Gasteiger partial charge < -0.3 is 4.57 Å². The standard InChI is InChI=1S/C14H12FNO2/c1-2-16-13(8-5-11(9-17)14(16)18)10-3-6-12(15)7-4-10/h3-9H,2H2,1H3. The fourth-order valence-corrected chi connectivity index (χ4v) is 1.87. The molecule has 2 rings (SSSR count). The number of carbonyl (C=O) groups excluding carboxylic acids is 1. The van der Waals surface area contributed by atoms with Gasteiger partial charge in [-0.15, -0.1) is 0 Å². The Bertz CT molecular complexity index is 629. The van der Waals surface area contributed by atoms with E-state index in [0.717, 1.165) is 5.56 Å². The monoisotopic (exact) mass is 245 g/mol. The summed E-state index contributed by atoms with van der Waals surface area (Å²) in [5.74, 6) is -0.325. The molecule has 1 aromatic carbocycles. The highest BCUT2D eigenvalue weighted by Crippen LogP contribution is 2.18. The van der Waals surface area contributed by atoms with Crippen molar-refractivity contribution in [2.75, 3.05) is 0 Å². The molecule has 0 fully saturated rings. The first-order valence-electron chi connectivity index (χ1n) is 5.62. The molecule has 3 nitrogen and oxygen atoms in total. The molecule has 4 heteroatoms. The first-order valence-corrected chi connectivity index (χ1v) is 5.62. The van der Waals surface area contributed by atoms with Crippen molar-refractivity contribution in [3.05, 3.63) is 58.1 Å². The molecule has 0 radical (unpaired) electrons. The van der Waals surface area contributed by atoms with Gasteiger partial charge in [0.15, 0.2) is 6.29 Å². The topological polar surface area (TPSA) is 39.1 Å². The van der Waals surface area contributed by atoms with Crippen LogP contribution in [0.4, 0.5) is 4.39 Å². The molecule has 0 spiro atoms. The summed E-state index contributed by atoms with van der Waals surface area (Å²) in [7, 11) is 0. The first kappa shape index (κ1) is 12.2. The lowest BCUT2D eigenvalue weighted by atomic mass is 10.1. The SMILES string of the molecule is CCn1c(-c2ccc(F)cc2)ccc(C=O)c1=O. The molecule has 0 atom stereocenters. The number of aromatic nitrogens is 1. The van der Waals surface area contributed by atoms with Crippen LogP contribution in [0.3, 0.4) is 0 Å². The zero-order valence-corrected chi connectivity index (χ0v) is 9.89. The van der Waals surface area contributed by atoms with E-state index in [9.17, 15) is 14.0 Å². The largest absolute Gasteiger partial charge is 0.308 e. The second-order valence-electron chi connectivity index (χ2n) is 3.85. The quantitative estimate of drug-likeness (QED) is 0.779. The molecular formula is C14H12FNO2. The maximum Gasteiger partial charge on any atom is 0.261 e. The smallest absolute Gasteiger partial charge is 0.261 e. The Morgan fingerprint density at radius 1 is 1.17 bits per heavy atom. The zero-order valence-electron chi connectivity index (χ0n) is 9.89. The van der Waals surface area contributed by atoms with Gasteiger partial charge in [-0.1, -0.05) is 0 Å². The molecule has 0 saturated heterocycles. The Hall–Kier alpha value is -2.23. The van der Waals surface area contributed by atoms with E-state index in [1.165, 1.54) is 22.8 Å². The maximum absolute atomic E-state index is 12.9. The van der Waals surface area contributed by atoms with Gasteiger partial charge in [-0.05, 0) is 48.9 Å². The van der Waals surface area contributed by atoms with Crippen molar-refractivity contribution in [1.82, 2.24) is 4.57 Å². The molecule has 0 aliphatic heterocycles. The lowest BCUT2D eigenvalue weighted by Gasteiger charge is -2.11. The van der Waals surface area contributed by atoms with Gasteiger partial charge in [-0.25, -0.2) is 4.39 Å². The molecule has 0 aliphatic carbocycles. The Balaban J connectivity index is 2.65. The highest BCUT2D eigenvalue weighted by atomic mass is 19.1. The van der Waals surface area contributed by atoms with Gasteiger partial charge in [0.1, 0.15) is 5.82 Å². The number of rotatable bonds is 3. The summed E-state index contributed by atoms with van der Waals surface area (Å²) < 4.78 is 14.4. The van der Waals surface area contributed by atoms with Crippen molar-refractivity contribution in [3.8, 4) is 11.3 Å². The van der Waals surface area contributed by atoms with Crippen LogP contribution >= 0.6 is 0 Å². The normalized spacial score (nSPS) is 10.3. The zero-order chi connectivity index (χ0) is 13.1. The van der Waals surface area contributed by atoms with Crippen LogP contribution in [0.2, 0.25) is 0 Å². The number of nitrogens with zero attached hydrogens (tertiary/aromatic N) is 1. The third kappa shape index (κ3) is 2.09. The fourth-order valence-electron chi connectivity index (χ4n) is 1.87. The van der Waals surface area contributed by atoms with Crippen LogP contribution in [-0.4, -0.2) is 10.9 Å². The van der Waals surface area contributed by atoms with Gasteiger partial charge in [0.2, 0.25) is 0 Å². The highest BCUT2D eigenvalue weighted by Gasteiger charge is 2.08. The van der Waals surface area contributed by atoms with E-state index in [-0.39, 0.29) is 16.9 Å². The average Bonchev–Trinajstić information content (AvgIpc) is 2.39. The third-order valence-corrected chi connectivity index (χ3v) is 2.79. The lowest BCUT2D eigenvalue weighted by Crippen LogP contribution is -2.24. The molecule has 0 aliphatic rings. The molecule has 18 heavy (non-hydrogen) atoms. The molecule has 0 unspecified atom stereocenters. The van der Waals surface area contributed by atoms with E-state index in [4.69, 9.17) is 0 Å². The van der Waals surface area contributed by atoms with Gasteiger partial charge in [0.05, 0.1) is 11.3 Å². The fraction of sp³-hybridized carbons (Fsp3) is 0.143. The molecule has 0 N–H and O–H groups in total. The van der Waals surface area contributed by atoms with Crippen LogP contribution in [0.15, 0.2) is 41.2 Å². The second kappa shape index (κ2) is 4.96. The molecule has 92 valence electrons. The summed E-state index contributed by atoms with van der Waals surface area (Å²) >= 11 is 0. The Morgan fingerprint density at radius 2 is 1.83 bits per heavy atom. The number of halogens is 1. The van der Waals surface area contributed by atoms with E-state index < -0.39 is 0 Å². The minimum absolute atomic E-state index is 0.128. The van der Waals surface area contributed by atoms with Crippen LogP contribution in [0.25, 0.3) is 11.3 Å². The van der Waals surface area contributed by atoms with Crippen molar-refractivity contribution in [3.63, 3.8) is 0 Å². The predicted molar refractivity (Wildman–Crippen MR) is 67.2 cm³/mol. The first-order chi connectivity index (χ1) is 8.67. The average molecular weight is 245 g/mol. The summed E-state index contributed by atoms with van der Waals surface area (Å²) in [6.45, 7) is 2.27. The van der Waals surface area contributed by atoms with Crippen molar-refractivity contribution in [2.45, 2.75) is 13.5 Å². The van der Waals surface area contributed by atoms with E-state index >= 15 is 0 Å².